The van der Waals surface area contributed by atoms with Crippen molar-refractivity contribution in [2.24, 2.45) is 16.9 Å². The predicted octanol–water partition coefficient (Wildman–Crippen LogP) is -1.28. The number of nitrogens with two attached hydrogens (primary N) is 2. The van der Waals surface area contributed by atoms with E-state index in [1.807, 2.05) is 0 Å². The van der Waals surface area contributed by atoms with Crippen molar-refractivity contribution in [1.29, 1.82) is 0 Å². The topological polar surface area (TPSA) is 136 Å². The first kappa shape index (κ1) is 23.5. The van der Waals surface area contributed by atoms with E-state index in [1.165, 1.54) is 25.7 Å². The first-order valence-corrected chi connectivity index (χ1v) is 9.55. The molecule has 26 heavy (non-hydrogen) atoms. The molecule has 1 heterocycles. The van der Waals surface area contributed by atoms with E-state index >= 15 is 0 Å². The van der Waals surface area contributed by atoms with Gasteiger partial charge in [-0.05, 0) is 64.5 Å². The molecule has 3 fully saturated rings. The maximum atomic E-state index is 11.0. The molecular formula is C18H31N3O4Pt. The van der Waals surface area contributed by atoms with E-state index in [9.17, 15) is 19.8 Å². The first-order chi connectivity index (χ1) is 11.9. The first-order valence-electron chi connectivity index (χ1n) is 9.55. The Morgan fingerprint density at radius 3 is 1.58 bits per heavy atom. The third kappa shape index (κ3) is 5.75. The molecule has 0 bridgehead atoms. The second-order valence-corrected chi connectivity index (χ2v) is 7.74. The Labute approximate surface area is 170 Å². The van der Waals surface area contributed by atoms with E-state index in [2.05, 4.69) is 4.90 Å². The van der Waals surface area contributed by atoms with Gasteiger partial charge in [0.1, 0.15) is 0 Å². The van der Waals surface area contributed by atoms with Crippen LogP contribution >= 0.6 is 0 Å². The summed E-state index contributed by atoms with van der Waals surface area (Å²) in [6, 6.07) is 0.900. The Morgan fingerprint density at radius 2 is 1.23 bits per heavy atom. The SMILES string of the molecule is N[C@H]1CCCC[C@@H]1N.O=C([O-])C1(C(=O)[O-])CCC(N2CCCC2)CC1.[Pt+2]. The number of likely N-dealkylation sites (tertiary alicyclic amines) is 1. The fraction of sp³-hybridized carbons (Fsp3) is 0.889. The number of carboxylic acids is 2. The number of nitrogens with zero attached hydrogens (tertiary/aromatic N) is 1. The van der Waals surface area contributed by atoms with Gasteiger partial charge in [0.15, 0.2) is 0 Å². The predicted molar refractivity (Wildman–Crippen MR) is 89.9 cm³/mol. The zero-order valence-corrected chi connectivity index (χ0v) is 17.5. The number of aliphatic carboxylic acids is 2. The summed E-state index contributed by atoms with van der Waals surface area (Å²) in [4.78, 5) is 24.3. The number of hydrogen-bond acceptors (Lipinski definition) is 7. The smallest absolute Gasteiger partial charge is 0.549 e. The zero-order valence-electron chi connectivity index (χ0n) is 15.3. The Bertz CT molecular complexity index is 437. The molecule has 3 rings (SSSR count). The summed E-state index contributed by atoms with van der Waals surface area (Å²) < 4.78 is 0. The van der Waals surface area contributed by atoms with Crippen molar-refractivity contribution in [3.63, 3.8) is 0 Å². The molecule has 4 N–H and O–H groups in total. The van der Waals surface area contributed by atoms with Crippen LogP contribution in [-0.4, -0.2) is 48.1 Å². The standard InChI is InChI=1S/C12H19NO4.C6H14N2.Pt/c14-10(15)12(11(16)17)5-3-9(4-6-12)13-7-1-2-8-13;7-5-3-1-2-4-6(5)8;/h9H,1-8H2,(H,14,15)(H,16,17);5-6H,1-4,7-8H2;/q;;+2/p-2/t;5-,6-;/m.0./s1. The van der Waals surface area contributed by atoms with Crippen LogP contribution in [0.15, 0.2) is 0 Å². The van der Waals surface area contributed by atoms with E-state index in [0.29, 0.717) is 18.9 Å². The average Bonchev–Trinajstić information content (AvgIpc) is 3.12. The third-order valence-electron chi connectivity index (χ3n) is 6.12. The second kappa shape index (κ2) is 10.7. The normalized spacial score (nSPS) is 29.2. The van der Waals surface area contributed by atoms with Gasteiger partial charge in [0.25, 0.3) is 0 Å². The molecule has 152 valence electrons. The minimum atomic E-state index is -1.75. The molecule has 0 amide bonds. The Hall–Kier alpha value is -0.492. The Morgan fingerprint density at radius 1 is 0.808 bits per heavy atom. The van der Waals surface area contributed by atoms with Crippen LogP contribution in [0.1, 0.15) is 64.2 Å². The van der Waals surface area contributed by atoms with Gasteiger partial charge in [0, 0.05) is 23.5 Å². The number of carboxylic acid groups (broad SMARTS) is 2. The zero-order chi connectivity index (χ0) is 18.4. The van der Waals surface area contributed by atoms with Gasteiger partial charge in [-0.2, -0.15) is 0 Å². The van der Waals surface area contributed by atoms with Crippen LogP contribution < -0.4 is 21.7 Å². The molecule has 1 saturated heterocycles. The molecule has 0 aromatic heterocycles. The van der Waals surface area contributed by atoms with Crippen LogP contribution in [0.2, 0.25) is 0 Å². The fourth-order valence-corrected chi connectivity index (χ4v) is 4.25. The van der Waals surface area contributed by atoms with E-state index in [0.717, 1.165) is 25.9 Å². The van der Waals surface area contributed by atoms with Crippen molar-refractivity contribution in [2.45, 2.75) is 82.3 Å². The molecule has 2 saturated carbocycles. The summed E-state index contributed by atoms with van der Waals surface area (Å²) in [6.45, 7) is 2.10. The molecule has 8 heteroatoms. The molecule has 0 aromatic rings. The molecule has 2 atom stereocenters. The van der Waals surface area contributed by atoms with E-state index in [-0.39, 0.29) is 46.0 Å². The van der Waals surface area contributed by atoms with Crippen molar-refractivity contribution >= 4 is 11.9 Å². The fourth-order valence-electron chi connectivity index (χ4n) is 4.25. The minimum Gasteiger partial charge on any atom is -0.549 e. The van der Waals surface area contributed by atoms with Gasteiger partial charge in [0.2, 0.25) is 0 Å². The van der Waals surface area contributed by atoms with Gasteiger partial charge < -0.3 is 36.2 Å². The summed E-state index contributed by atoms with van der Waals surface area (Å²) in [5.74, 6) is -2.98. The second-order valence-electron chi connectivity index (χ2n) is 7.74. The van der Waals surface area contributed by atoms with Crippen molar-refractivity contribution in [3.8, 4) is 0 Å². The summed E-state index contributed by atoms with van der Waals surface area (Å²) in [5, 5.41) is 22.0. The van der Waals surface area contributed by atoms with Gasteiger partial charge in [-0.25, -0.2) is 0 Å². The van der Waals surface area contributed by atoms with Crippen molar-refractivity contribution < 1.29 is 40.9 Å². The summed E-state index contributed by atoms with van der Waals surface area (Å²) in [5.41, 5.74) is 9.55. The van der Waals surface area contributed by atoms with Crippen molar-refractivity contribution in [1.82, 2.24) is 4.90 Å². The molecule has 0 spiro atoms. The minimum absolute atomic E-state index is 0. The molecule has 2 aliphatic carbocycles. The molecule has 3 aliphatic rings. The molecule has 7 nitrogen and oxygen atoms in total. The summed E-state index contributed by atoms with van der Waals surface area (Å²) in [6.07, 6.45) is 8.67. The molecule has 0 unspecified atom stereocenters. The summed E-state index contributed by atoms with van der Waals surface area (Å²) >= 11 is 0. The van der Waals surface area contributed by atoms with E-state index in [1.54, 1.807) is 0 Å². The number of hydrogen-bond donors (Lipinski definition) is 2. The van der Waals surface area contributed by atoms with Gasteiger partial charge in [-0.15, -0.1) is 0 Å². The number of carbonyl (C=O) groups excluding carboxylic acids is 2. The third-order valence-corrected chi connectivity index (χ3v) is 6.12. The molecule has 0 aromatic carbocycles. The van der Waals surface area contributed by atoms with Crippen LogP contribution in [-0.2, 0) is 30.7 Å². The summed E-state index contributed by atoms with van der Waals surface area (Å²) in [7, 11) is 0. The molecule has 1 aliphatic heterocycles. The van der Waals surface area contributed by atoms with Crippen molar-refractivity contribution in [3.05, 3.63) is 0 Å². The van der Waals surface area contributed by atoms with Gasteiger partial charge in [-0.1, -0.05) is 12.8 Å². The number of rotatable bonds is 3. The van der Waals surface area contributed by atoms with Crippen LogP contribution in [0.5, 0.6) is 0 Å². The number of carbonyl (C=O) groups is 2. The maximum Gasteiger partial charge on any atom is 2.00 e. The molecule has 0 radical (unpaired) electrons. The monoisotopic (exact) mass is 548 g/mol. The maximum absolute atomic E-state index is 11.0. The van der Waals surface area contributed by atoms with Gasteiger partial charge >= 0.3 is 21.1 Å². The Balaban J connectivity index is 0.000000318. The largest absolute Gasteiger partial charge is 2.00 e. The van der Waals surface area contributed by atoms with Gasteiger partial charge in [-0.3, -0.25) is 0 Å². The Kier molecular flexibility index (Phi) is 9.73. The van der Waals surface area contributed by atoms with Crippen LogP contribution in [0.25, 0.3) is 0 Å². The quantitative estimate of drug-likeness (QED) is 0.420. The van der Waals surface area contributed by atoms with Crippen molar-refractivity contribution in [2.75, 3.05) is 13.1 Å². The van der Waals surface area contributed by atoms with E-state index in [4.69, 9.17) is 11.5 Å². The van der Waals surface area contributed by atoms with Crippen LogP contribution in [0.3, 0.4) is 0 Å². The van der Waals surface area contributed by atoms with Crippen LogP contribution in [0, 0.1) is 5.41 Å². The van der Waals surface area contributed by atoms with Gasteiger partial charge in [0.05, 0.1) is 11.9 Å². The molecular weight excluding hydrogens is 517 g/mol. The average molecular weight is 549 g/mol. The van der Waals surface area contributed by atoms with E-state index < -0.39 is 17.4 Å². The van der Waals surface area contributed by atoms with Crippen LogP contribution in [0.4, 0.5) is 0 Å².